The van der Waals surface area contributed by atoms with E-state index in [1.54, 1.807) is 24.3 Å². The molecule has 0 aliphatic rings. The van der Waals surface area contributed by atoms with Crippen molar-refractivity contribution in [2.75, 3.05) is 7.11 Å². The van der Waals surface area contributed by atoms with Crippen molar-refractivity contribution in [2.24, 2.45) is 0 Å². The van der Waals surface area contributed by atoms with Gasteiger partial charge < -0.3 is 14.2 Å². The summed E-state index contributed by atoms with van der Waals surface area (Å²) in [7, 11) is 1.43. The molecule has 7 nitrogen and oxygen atoms in total. The van der Waals surface area contributed by atoms with Crippen LogP contribution in [0, 0.1) is 10.1 Å². The molecule has 7 heteroatoms. The number of methoxy groups -OCH3 is 1. The maximum Gasteiger partial charge on any atom is 0.331 e. The lowest BCUT2D eigenvalue weighted by Crippen LogP contribution is -2.00. The molecule has 132 valence electrons. The lowest BCUT2D eigenvalue weighted by molar-refractivity contribution is -0.386. The van der Waals surface area contributed by atoms with Crippen LogP contribution in [0.5, 0.6) is 23.3 Å². The molecule has 0 fully saturated rings. The molecule has 0 amide bonds. The van der Waals surface area contributed by atoms with E-state index in [-0.39, 0.29) is 17.4 Å². The molecule has 3 aromatic rings. The summed E-state index contributed by atoms with van der Waals surface area (Å²) in [5.74, 6) is 0.834. The zero-order valence-electron chi connectivity index (χ0n) is 14.0. The molecule has 0 saturated carbocycles. The number of aromatic nitrogens is 1. The summed E-state index contributed by atoms with van der Waals surface area (Å²) in [5.41, 5.74) is 0.733. The highest BCUT2D eigenvalue weighted by atomic mass is 16.6. The average Bonchev–Trinajstić information content (AvgIpc) is 2.68. The van der Waals surface area contributed by atoms with E-state index in [2.05, 4.69) is 4.98 Å². The molecule has 0 spiro atoms. The third-order valence-electron chi connectivity index (χ3n) is 3.51. The predicted octanol–water partition coefficient (Wildman–Crippen LogP) is 4.37. The largest absolute Gasteiger partial charge is 0.485 e. The molecule has 0 saturated heterocycles. The summed E-state index contributed by atoms with van der Waals surface area (Å²) in [5, 5.41) is 11.2. The van der Waals surface area contributed by atoms with Crippen molar-refractivity contribution in [1.29, 1.82) is 0 Å². The minimum atomic E-state index is -0.560. The van der Waals surface area contributed by atoms with Crippen molar-refractivity contribution in [3.05, 3.63) is 82.4 Å². The lowest BCUT2D eigenvalue weighted by atomic mass is 10.2. The second-order valence-electron chi connectivity index (χ2n) is 5.26. The smallest absolute Gasteiger partial charge is 0.331 e. The summed E-state index contributed by atoms with van der Waals surface area (Å²) in [4.78, 5) is 14.7. The number of benzene rings is 2. The van der Waals surface area contributed by atoms with Crippen LogP contribution in [0.15, 0.2) is 66.7 Å². The van der Waals surface area contributed by atoms with Gasteiger partial charge in [-0.1, -0.05) is 42.5 Å². The van der Waals surface area contributed by atoms with E-state index in [1.807, 2.05) is 30.3 Å². The Morgan fingerprint density at radius 2 is 1.65 bits per heavy atom. The number of hydrogen-bond acceptors (Lipinski definition) is 6. The first-order chi connectivity index (χ1) is 12.7. The SMILES string of the molecule is COc1ccc([N+](=O)[O-])c(Oc2ccccc2OCc2ccccc2)n1. The predicted molar refractivity (Wildman–Crippen MR) is 94.7 cm³/mol. The van der Waals surface area contributed by atoms with Crippen LogP contribution < -0.4 is 14.2 Å². The topological polar surface area (TPSA) is 83.7 Å². The van der Waals surface area contributed by atoms with Gasteiger partial charge >= 0.3 is 11.6 Å². The normalized spacial score (nSPS) is 10.2. The number of hydrogen-bond donors (Lipinski definition) is 0. The first-order valence-electron chi connectivity index (χ1n) is 7.80. The first kappa shape index (κ1) is 17.2. The third-order valence-corrected chi connectivity index (χ3v) is 3.51. The van der Waals surface area contributed by atoms with E-state index in [1.165, 1.54) is 19.2 Å². The Balaban J connectivity index is 1.85. The van der Waals surface area contributed by atoms with Crippen molar-refractivity contribution in [3.63, 3.8) is 0 Å². The van der Waals surface area contributed by atoms with Crippen LogP contribution in [0.3, 0.4) is 0 Å². The summed E-state index contributed by atoms with van der Waals surface area (Å²) in [6, 6.07) is 19.3. The van der Waals surface area contributed by atoms with Crippen molar-refractivity contribution >= 4 is 5.69 Å². The van der Waals surface area contributed by atoms with E-state index >= 15 is 0 Å². The molecule has 1 aromatic heterocycles. The number of rotatable bonds is 7. The molecule has 3 rings (SSSR count). The molecule has 26 heavy (non-hydrogen) atoms. The fourth-order valence-corrected chi connectivity index (χ4v) is 2.24. The van der Waals surface area contributed by atoms with E-state index in [0.717, 1.165) is 5.56 Å². The Labute approximate surface area is 149 Å². The van der Waals surface area contributed by atoms with E-state index in [0.29, 0.717) is 18.1 Å². The van der Waals surface area contributed by atoms with Crippen LogP contribution in [-0.2, 0) is 6.61 Å². The van der Waals surface area contributed by atoms with Gasteiger partial charge in [0.25, 0.3) is 0 Å². The van der Waals surface area contributed by atoms with Crippen LogP contribution in [-0.4, -0.2) is 17.0 Å². The van der Waals surface area contributed by atoms with Crippen LogP contribution in [0.2, 0.25) is 0 Å². The lowest BCUT2D eigenvalue weighted by Gasteiger charge is -2.12. The fourth-order valence-electron chi connectivity index (χ4n) is 2.24. The van der Waals surface area contributed by atoms with Gasteiger partial charge in [0.15, 0.2) is 11.5 Å². The molecular formula is C19H16N2O5. The molecule has 0 N–H and O–H groups in total. The van der Waals surface area contributed by atoms with Crippen LogP contribution in [0.1, 0.15) is 5.56 Å². The first-order valence-corrected chi connectivity index (χ1v) is 7.80. The van der Waals surface area contributed by atoms with Gasteiger partial charge in [0.05, 0.1) is 12.0 Å². The molecule has 0 aliphatic carbocycles. The van der Waals surface area contributed by atoms with Gasteiger partial charge in [0.1, 0.15) is 6.61 Å². The second-order valence-corrected chi connectivity index (χ2v) is 5.26. The van der Waals surface area contributed by atoms with Crippen molar-refractivity contribution < 1.29 is 19.1 Å². The zero-order valence-corrected chi connectivity index (χ0v) is 14.0. The summed E-state index contributed by atoms with van der Waals surface area (Å²) >= 11 is 0. The Morgan fingerprint density at radius 3 is 2.35 bits per heavy atom. The number of nitrogens with zero attached hydrogens (tertiary/aromatic N) is 2. The molecular weight excluding hydrogens is 336 g/mol. The number of para-hydroxylation sites is 2. The summed E-state index contributed by atoms with van der Waals surface area (Å²) in [6.07, 6.45) is 0. The summed E-state index contributed by atoms with van der Waals surface area (Å²) in [6.45, 7) is 0.342. The van der Waals surface area contributed by atoms with E-state index in [9.17, 15) is 10.1 Å². The Hall–Kier alpha value is -3.61. The number of ether oxygens (including phenoxy) is 3. The quantitative estimate of drug-likeness (QED) is 0.464. The molecule has 0 aliphatic heterocycles. The van der Waals surface area contributed by atoms with Gasteiger partial charge in [0.2, 0.25) is 5.88 Å². The van der Waals surface area contributed by atoms with Gasteiger partial charge in [-0.15, -0.1) is 0 Å². The minimum absolute atomic E-state index is 0.162. The van der Waals surface area contributed by atoms with Gasteiger partial charge in [-0.25, -0.2) is 0 Å². The number of nitro groups is 1. The Bertz CT molecular complexity index is 899. The highest BCUT2D eigenvalue weighted by Gasteiger charge is 2.20. The van der Waals surface area contributed by atoms with E-state index < -0.39 is 4.92 Å². The van der Waals surface area contributed by atoms with Gasteiger partial charge in [-0.3, -0.25) is 10.1 Å². The Morgan fingerprint density at radius 1 is 0.962 bits per heavy atom. The van der Waals surface area contributed by atoms with Crippen molar-refractivity contribution in [2.45, 2.75) is 6.61 Å². The number of pyridine rings is 1. The summed E-state index contributed by atoms with van der Waals surface area (Å²) < 4.78 is 16.5. The molecule has 0 atom stereocenters. The molecule has 2 aromatic carbocycles. The standard InChI is InChI=1S/C19H16N2O5/c1-24-18-12-11-15(21(22)23)19(20-18)26-17-10-6-5-9-16(17)25-13-14-7-3-2-4-8-14/h2-12H,13H2,1H3. The van der Waals surface area contributed by atoms with Gasteiger partial charge in [-0.05, 0) is 17.7 Å². The monoisotopic (exact) mass is 352 g/mol. The molecule has 1 heterocycles. The average molecular weight is 352 g/mol. The van der Waals surface area contributed by atoms with Crippen LogP contribution >= 0.6 is 0 Å². The van der Waals surface area contributed by atoms with Crippen LogP contribution in [0.4, 0.5) is 5.69 Å². The van der Waals surface area contributed by atoms with Gasteiger partial charge in [0, 0.05) is 12.1 Å². The van der Waals surface area contributed by atoms with Gasteiger partial charge in [-0.2, -0.15) is 4.98 Å². The molecule has 0 unspecified atom stereocenters. The zero-order chi connectivity index (χ0) is 18.4. The highest BCUT2D eigenvalue weighted by Crippen LogP contribution is 2.36. The molecule has 0 radical (unpaired) electrons. The van der Waals surface area contributed by atoms with Crippen LogP contribution in [0.25, 0.3) is 0 Å². The maximum atomic E-state index is 11.2. The maximum absolute atomic E-state index is 11.2. The van der Waals surface area contributed by atoms with Crippen molar-refractivity contribution in [3.8, 4) is 23.3 Å². The third kappa shape index (κ3) is 4.07. The highest BCUT2D eigenvalue weighted by molar-refractivity contribution is 5.48. The molecule has 0 bridgehead atoms. The van der Waals surface area contributed by atoms with E-state index in [4.69, 9.17) is 14.2 Å². The Kier molecular flexibility index (Phi) is 5.28. The fraction of sp³-hybridized carbons (Fsp3) is 0.105. The van der Waals surface area contributed by atoms with Crippen molar-refractivity contribution in [1.82, 2.24) is 4.98 Å². The minimum Gasteiger partial charge on any atom is -0.485 e. The second kappa shape index (κ2) is 7.98.